The van der Waals surface area contributed by atoms with Crippen molar-refractivity contribution >= 4 is 11.6 Å². The molecule has 0 saturated heterocycles. The predicted octanol–water partition coefficient (Wildman–Crippen LogP) is 1.82. The van der Waals surface area contributed by atoms with Crippen LogP contribution in [-0.2, 0) is 9.53 Å². The van der Waals surface area contributed by atoms with Gasteiger partial charge in [0.15, 0.2) is 0 Å². The summed E-state index contributed by atoms with van der Waals surface area (Å²) in [6, 6.07) is 7.30. The third-order valence-electron chi connectivity index (χ3n) is 2.56. The lowest BCUT2D eigenvalue weighted by Gasteiger charge is -2.10. The van der Waals surface area contributed by atoms with Crippen LogP contribution in [0.25, 0.3) is 0 Å². The molecule has 0 heterocycles. The summed E-state index contributed by atoms with van der Waals surface area (Å²) in [4.78, 5) is 11.7. The number of hydrogen-bond acceptors (Lipinski definition) is 4. The average molecular weight is 278 g/mol. The summed E-state index contributed by atoms with van der Waals surface area (Å²) in [6.45, 7) is 5.73. The maximum atomic E-state index is 11.7. The highest BCUT2D eigenvalue weighted by Crippen LogP contribution is 2.22. The molecule has 0 unspecified atom stereocenters. The molecule has 5 nitrogen and oxygen atoms in total. The van der Waals surface area contributed by atoms with E-state index in [9.17, 15) is 4.79 Å². The molecule has 0 saturated carbocycles. The summed E-state index contributed by atoms with van der Waals surface area (Å²) >= 11 is 0. The van der Waals surface area contributed by atoms with Gasteiger partial charge in [-0.1, -0.05) is 18.2 Å². The first kappa shape index (κ1) is 16.2. The summed E-state index contributed by atoms with van der Waals surface area (Å²) in [5.74, 6) is 0.536. The number of hydrogen-bond donors (Lipinski definition) is 2. The predicted molar refractivity (Wildman–Crippen MR) is 80.1 cm³/mol. The minimum absolute atomic E-state index is 0.111. The Balaban J connectivity index is 2.18. The van der Waals surface area contributed by atoms with Crippen LogP contribution in [0.1, 0.15) is 6.42 Å². The van der Waals surface area contributed by atoms with Gasteiger partial charge in [0.2, 0.25) is 5.91 Å². The second-order valence-electron chi connectivity index (χ2n) is 4.11. The van der Waals surface area contributed by atoms with Crippen molar-refractivity contribution in [3.8, 4) is 5.75 Å². The molecule has 2 N–H and O–H groups in total. The molecule has 0 atom stereocenters. The normalized spacial score (nSPS) is 10.1. The Hall–Kier alpha value is -1.85. The number of methoxy groups -OCH3 is 1. The van der Waals surface area contributed by atoms with Gasteiger partial charge in [0, 0.05) is 6.54 Å². The van der Waals surface area contributed by atoms with E-state index in [1.54, 1.807) is 19.2 Å². The van der Waals surface area contributed by atoms with Crippen molar-refractivity contribution in [2.24, 2.45) is 0 Å². The van der Waals surface area contributed by atoms with Gasteiger partial charge in [-0.25, -0.2) is 0 Å². The van der Waals surface area contributed by atoms with Crippen LogP contribution < -0.4 is 15.4 Å². The fraction of sp³-hybridized carbons (Fsp3) is 0.400. The molecule has 0 radical (unpaired) electrons. The van der Waals surface area contributed by atoms with Gasteiger partial charge in [0.1, 0.15) is 5.75 Å². The van der Waals surface area contributed by atoms with E-state index in [0.717, 1.165) is 6.42 Å². The fourth-order valence-corrected chi connectivity index (χ4v) is 1.56. The van der Waals surface area contributed by atoms with E-state index in [1.807, 2.05) is 18.2 Å². The molecule has 0 aromatic heterocycles. The number of carbonyl (C=O) groups excluding carboxylic acids is 1. The molecule has 0 fully saturated rings. The van der Waals surface area contributed by atoms with E-state index >= 15 is 0 Å². The summed E-state index contributed by atoms with van der Waals surface area (Å²) in [7, 11) is 1.57. The van der Waals surface area contributed by atoms with Gasteiger partial charge in [0.25, 0.3) is 0 Å². The number of anilines is 1. The maximum absolute atomic E-state index is 11.7. The van der Waals surface area contributed by atoms with Crippen molar-refractivity contribution in [2.75, 3.05) is 38.7 Å². The van der Waals surface area contributed by atoms with Crippen LogP contribution >= 0.6 is 0 Å². The molecule has 110 valence electrons. The lowest BCUT2D eigenvalue weighted by Crippen LogP contribution is -2.30. The van der Waals surface area contributed by atoms with Gasteiger partial charge in [-0.05, 0) is 18.6 Å². The first-order valence-electron chi connectivity index (χ1n) is 6.60. The average Bonchev–Trinajstić information content (AvgIpc) is 2.47. The third kappa shape index (κ3) is 6.36. The van der Waals surface area contributed by atoms with E-state index in [1.165, 1.54) is 0 Å². The quantitative estimate of drug-likeness (QED) is 0.506. The maximum Gasteiger partial charge on any atom is 0.238 e. The van der Waals surface area contributed by atoms with Gasteiger partial charge in [-0.3, -0.25) is 4.79 Å². The van der Waals surface area contributed by atoms with Crippen molar-refractivity contribution in [1.82, 2.24) is 5.32 Å². The molecule has 1 amide bonds. The van der Waals surface area contributed by atoms with Crippen LogP contribution in [0.5, 0.6) is 5.75 Å². The Kier molecular flexibility index (Phi) is 8.10. The summed E-state index contributed by atoms with van der Waals surface area (Å²) in [5, 5.41) is 5.81. The Bertz CT molecular complexity index is 421. The van der Waals surface area contributed by atoms with E-state index in [-0.39, 0.29) is 12.5 Å². The molecule has 20 heavy (non-hydrogen) atoms. The molecule has 0 aliphatic heterocycles. The Morgan fingerprint density at radius 1 is 1.35 bits per heavy atom. The zero-order chi connectivity index (χ0) is 14.6. The van der Waals surface area contributed by atoms with Crippen molar-refractivity contribution in [3.63, 3.8) is 0 Å². The van der Waals surface area contributed by atoms with Gasteiger partial charge < -0.3 is 20.1 Å². The second-order valence-corrected chi connectivity index (χ2v) is 4.11. The smallest absolute Gasteiger partial charge is 0.238 e. The number of benzene rings is 1. The van der Waals surface area contributed by atoms with E-state index in [2.05, 4.69) is 17.2 Å². The molecule has 0 aliphatic rings. The molecule has 0 aliphatic carbocycles. The van der Waals surface area contributed by atoms with Crippen molar-refractivity contribution in [3.05, 3.63) is 36.9 Å². The largest absolute Gasteiger partial charge is 0.495 e. The van der Waals surface area contributed by atoms with Crippen LogP contribution in [0.2, 0.25) is 0 Å². The third-order valence-corrected chi connectivity index (χ3v) is 2.56. The zero-order valence-electron chi connectivity index (χ0n) is 11.9. The van der Waals surface area contributed by atoms with Crippen LogP contribution in [-0.4, -0.2) is 39.3 Å². The minimum Gasteiger partial charge on any atom is -0.495 e. The number of ether oxygens (including phenoxy) is 2. The van der Waals surface area contributed by atoms with Crippen LogP contribution in [0.3, 0.4) is 0 Å². The van der Waals surface area contributed by atoms with Gasteiger partial charge in [0.05, 0.1) is 32.6 Å². The standard InChI is InChI=1S/C15H22N2O3/c1-3-4-10-20-11-9-16-12-15(18)17-13-7-5-6-8-14(13)19-2/h3,5-8,16H,1,4,9-12H2,2H3,(H,17,18). The lowest BCUT2D eigenvalue weighted by atomic mass is 10.3. The van der Waals surface area contributed by atoms with Gasteiger partial charge in [-0.2, -0.15) is 0 Å². The van der Waals surface area contributed by atoms with Crippen molar-refractivity contribution < 1.29 is 14.3 Å². The Morgan fingerprint density at radius 3 is 2.90 bits per heavy atom. The van der Waals surface area contributed by atoms with E-state index < -0.39 is 0 Å². The SMILES string of the molecule is C=CCCOCCNCC(=O)Nc1ccccc1OC. The van der Waals surface area contributed by atoms with Crippen molar-refractivity contribution in [2.45, 2.75) is 6.42 Å². The van der Waals surface area contributed by atoms with E-state index in [4.69, 9.17) is 9.47 Å². The molecule has 5 heteroatoms. The number of para-hydroxylation sites is 2. The number of nitrogens with one attached hydrogen (secondary N) is 2. The number of rotatable bonds is 10. The minimum atomic E-state index is -0.111. The zero-order valence-corrected chi connectivity index (χ0v) is 11.9. The molecule has 0 spiro atoms. The van der Waals surface area contributed by atoms with Crippen LogP contribution in [0, 0.1) is 0 Å². The summed E-state index contributed by atoms with van der Waals surface area (Å²) in [6.07, 6.45) is 2.66. The Labute approximate surface area is 120 Å². The van der Waals surface area contributed by atoms with E-state index in [0.29, 0.717) is 31.2 Å². The van der Waals surface area contributed by atoms with Gasteiger partial charge >= 0.3 is 0 Å². The second kappa shape index (κ2) is 10.00. The molecule has 1 rings (SSSR count). The van der Waals surface area contributed by atoms with Crippen molar-refractivity contribution in [1.29, 1.82) is 0 Å². The highest BCUT2D eigenvalue weighted by molar-refractivity contribution is 5.93. The highest BCUT2D eigenvalue weighted by Gasteiger charge is 2.05. The number of carbonyl (C=O) groups is 1. The molecule has 1 aromatic rings. The monoisotopic (exact) mass is 278 g/mol. The van der Waals surface area contributed by atoms with Crippen LogP contribution in [0.4, 0.5) is 5.69 Å². The highest BCUT2D eigenvalue weighted by atomic mass is 16.5. The fourth-order valence-electron chi connectivity index (χ4n) is 1.56. The molecule has 0 bridgehead atoms. The molecular formula is C15H22N2O3. The molecule has 1 aromatic carbocycles. The van der Waals surface area contributed by atoms with Crippen LogP contribution in [0.15, 0.2) is 36.9 Å². The first-order valence-corrected chi connectivity index (χ1v) is 6.60. The lowest BCUT2D eigenvalue weighted by molar-refractivity contribution is -0.115. The van der Waals surface area contributed by atoms with Gasteiger partial charge in [-0.15, -0.1) is 6.58 Å². The first-order chi connectivity index (χ1) is 9.77. The Morgan fingerprint density at radius 2 is 2.15 bits per heavy atom. The number of amides is 1. The molecular weight excluding hydrogens is 256 g/mol. The summed E-state index contributed by atoms with van der Waals surface area (Å²) < 4.78 is 10.5. The summed E-state index contributed by atoms with van der Waals surface area (Å²) in [5.41, 5.74) is 0.670. The topological polar surface area (TPSA) is 59.6 Å².